The molecule has 0 aliphatic heterocycles. The van der Waals surface area contributed by atoms with Gasteiger partial charge in [-0.25, -0.2) is 9.18 Å². The summed E-state index contributed by atoms with van der Waals surface area (Å²) in [5.74, 6) is -1.41. The number of rotatable bonds is 6. The van der Waals surface area contributed by atoms with Gasteiger partial charge < -0.3 is 10.1 Å². The van der Waals surface area contributed by atoms with E-state index in [1.54, 1.807) is 24.3 Å². The van der Waals surface area contributed by atoms with E-state index in [4.69, 9.17) is 16.3 Å². The molecule has 0 unspecified atom stereocenters. The fourth-order valence-electron chi connectivity index (χ4n) is 2.08. The molecule has 26 heavy (non-hydrogen) atoms. The van der Waals surface area contributed by atoms with Crippen molar-refractivity contribution in [2.45, 2.75) is 26.5 Å². The number of aryl methyl sites for hydroxylation is 1. The molecule has 0 saturated carbocycles. The van der Waals surface area contributed by atoms with E-state index in [2.05, 4.69) is 5.32 Å². The molecule has 1 amide bonds. The van der Waals surface area contributed by atoms with Crippen LogP contribution in [0.5, 0.6) is 0 Å². The summed E-state index contributed by atoms with van der Waals surface area (Å²) in [4.78, 5) is 23.8. The average molecular weight is 376 g/mol. The summed E-state index contributed by atoms with van der Waals surface area (Å²) >= 11 is 6.03. The van der Waals surface area contributed by atoms with Crippen LogP contribution in [0.15, 0.2) is 48.5 Å². The van der Waals surface area contributed by atoms with Crippen LogP contribution in [0.2, 0.25) is 5.02 Å². The van der Waals surface area contributed by atoms with Gasteiger partial charge in [-0.15, -0.1) is 0 Å². The molecule has 2 aromatic rings. The Bertz CT molecular complexity index is 818. The molecule has 4 nitrogen and oxygen atoms in total. The number of carbonyl (C=O) groups excluding carboxylic acids is 2. The third-order valence-corrected chi connectivity index (χ3v) is 4.06. The second-order valence-corrected chi connectivity index (χ2v) is 6.17. The van der Waals surface area contributed by atoms with E-state index >= 15 is 0 Å². The van der Waals surface area contributed by atoms with Crippen LogP contribution in [-0.4, -0.2) is 18.0 Å². The maximum atomic E-state index is 12.8. The lowest BCUT2D eigenvalue weighted by Gasteiger charge is -2.12. The predicted molar refractivity (Wildman–Crippen MR) is 99.0 cm³/mol. The van der Waals surface area contributed by atoms with Crippen molar-refractivity contribution in [1.82, 2.24) is 5.32 Å². The molecule has 0 saturated heterocycles. The number of halogens is 2. The second-order valence-electron chi connectivity index (χ2n) is 5.77. The maximum absolute atomic E-state index is 12.8. The van der Waals surface area contributed by atoms with E-state index in [0.29, 0.717) is 5.02 Å². The maximum Gasteiger partial charge on any atom is 0.331 e. The molecule has 1 atom stereocenters. The summed E-state index contributed by atoms with van der Waals surface area (Å²) in [7, 11) is 0. The number of benzene rings is 2. The van der Waals surface area contributed by atoms with E-state index in [0.717, 1.165) is 16.7 Å². The predicted octanol–water partition coefficient (Wildman–Crippen LogP) is 4.05. The Morgan fingerprint density at radius 2 is 1.92 bits per heavy atom. The number of carbonyl (C=O) groups is 2. The molecule has 0 heterocycles. The molecule has 0 aromatic heterocycles. The van der Waals surface area contributed by atoms with Crippen LogP contribution in [0.25, 0.3) is 6.08 Å². The molecule has 0 aliphatic rings. The van der Waals surface area contributed by atoms with Crippen LogP contribution in [0.4, 0.5) is 4.39 Å². The number of ether oxygens (including phenoxy) is 1. The lowest BCUT2D eigenvalue weighted by atomic mass is 10.1. The monoisotopic (exact) mass is 375 g/mol. The van der Waals surface area contributed by atoms with Gasteiger partial charge in [0.15, 0.2) is 6.10 Å². The van der Waals surface area contributed by atoms with Gasteiger partial charge in [0.2, 0.25) is 0 Å². The zero-order chi connectivity index (χ0) is 19.1. The molecular weight excluding hydrogens is 357 g/mol. The van der Waals surface area contributed by atoms with Crippen molar-refractivity contribution in [3.05, 3.63) is 76.1 Å². The Labute approximate surface area is 156 Å². The van der Waals surface area contributed by atoms with Crippen molar-refractivity contribution >= 4 is 29.6 Å². The average Bonchev–Trinajstić information content (AvgIpc) is 2.62. The lowest BCUT2D eigenvalue weighted by molar-refractivity contribution is -0.150. The minimum absolute atomic E-state index is 0.221. The summed E-state index contributed by atoms with van der Waals surface area (Å²) in [6.07, 6.45) is 1.86. The lowest BCUT2D eigenvalue weighted by Crippen LogP contribution is -2.35. The van der Waals surface area contributed by atoms with Gasteiger partial charge in [0.05, 0.1) is 0 Å². The third kappa shape index (κ3) is 6.01. The highest BCUT2D eigenvalue weighted by Gasteiger charge is 2.16. The summed E-state index contributed by atoms with van der Waals surface area (Å²) in [5, 5.41) is 3.24. The van der Waals surface area contributed by atoms with Crippen LogP contribution < -0.4 is 5.32 Å². The minimum atomic E-state index is -0.950. The van der Waals surface area contributed by atoms with Crippen molar-refractivity contribution in [3.63, 3.8) is 0 Å². The van der Waals surface area contributed by atoms with Crippen molar-refractivity contribution < 1.29 is 18.7 Å². The zero-order valence-corrected chi connectivity index (χ0v) is 15.2. The van der Waals surface area contributed by atoms with Gasteiger partial charge in [0.1, 0.15) is 5.82 Å². The molecule has 0 radical (unpaired) electrons. The number of esters is 1. The Morgan fingerprint density at radius 3 is 2.58 bits per heavy atom. The summed E-state index contributed by atoms with van der Waals surface area (Å²) in [6.45, 7) is 3.59. The molecule has 1 N–H and O–H groups in total. The van der Waals surface area contributed by atoms with E-state index in [9.17, 15) is 14.0 Å². The van der Waals surface area contributed by atoms with Crippen molar-refractivity contribution in [1.29, 1.82) is 0 Å². The summed E-state index contributed by atoms with van der Waals surface area (Å²) in [5.41, 5.74) is 2.44. The third-order valence-electron chi connectivity index (χ3n) is 3.65. The molecule has 6 heteroatoms. The molecular formula is C20H19ClFNO3. The molecule has 0 spiro atoms. The smallest absolute Gasteiger partial charge is 0.331 e. The first-order chi connectivity index (χ1) is 12.3. The number of hydrogen-bond acceptors (Lipinski definition) is 3. The first-order valence-electron chi connectivity index (χ1n) is 8.02. The van der Waals surface area contributed by atoms with Gasteiger partial charge in [0.25, 0.3) is 5.91 Å². The van der Waals surface area contributed by atoms with Crippen LogP contribution in [0.1, 0.15) is 23.6 Å². The standard InChI is InChI=1S/C20H19ClFNO3/c1-13-3-4-15(11-18(13)21)7-10-19(24)26-14(2)20(25)23-12-16-5-8-17(22)9-6-16/h3-11,14H,12H2,1-2H3,(H,23,25)/b10-7+/t14-/m1/s1. The Balaban J connectivity index is 1.83. The van der Waals surface area contributed by atoms with E-state index in [-0.39, 0.29) is 12.4 Å². The van der Waals surface area contributed by atoms with E-state index in [1.807, 2.05) is 19.1 Å². The highest BCUT2D eigenvalue weighted by molar-refractivity contribution is 6.31. The number of hydrogen-bond donors (Lipinski definition) is 1. The zero-order valence-electron chi connectivity index (χ0n) is 14.5. The van der Waals surface area contributed by atoms with E-state index in [1.165, 1.54) is 25.1 Å². The fraction of sp³-hybridized carbons (Fsp3) is 0.200. The van der Waals surface area contributed by atoms with Gasteiger partial charge in [-0.1, -0.05) is 35.9 Å². The molecule has 0 fully saturated rings. The largest absolute Gasteiger partial charge is 0.449 e. The Kier molecular flexibility index (Phi) is 6.92. The number of amides is 1. The van der Waals surface area contributed by atoms with Gasteiger partial charge in [0, 0.05) is 17.6 Å². The second kappa shape index (κ2) is 9.15. The summed E-state index contributed by atoms with van der Waals surface area (Å²) in [6, 6.07) is 11.2. The van der Waals surface area contributed by atoms with Crippen LogP contribution in [0, 0.1) is 12.7 Å². The van der Waals surface area contributed by atoms with Gasteiger partial charge >= 0.3 is 5.97 Å². The van der Waals surface area contributed by atoms with E-state index < -0.39 is 18.0 Å². The highest BCUT2D eigenvalue weighted by Crippen LogP contribution is 2.17. The Hall–Kier alpha value is -2.66. The summed E-state index contributed by atoms with van der Waals surface area (Å²) < 4.78 is 17.9. The normalized spacial score (nSPS) is 12.0. The van der Waals surface area contributed by atoms with Crippen LogP contribution in [-0.2, 0) is 20.9 Å². The first kappa shape index (κ1) is 19.7. The molecule has 2 aromatic carbocycles. The van der Waals surface area contributed by atoms with Crippen molar-refractivity contribution in [2.24, 2.45) is 0 Å². The van der Waals surface area contributed by atoms with Crippen molar-refractivity contribution in [3.8, 4) is 0 Å². The fourth-order valence-corrected chi connectivity index (χ4v) is 2.27. The highest BCUT2D eigenvalue weighted by atomic mass is 35.5. The number of nitrogens with one attached hydrogen (secondary N) is 1. The molecule has 0 bridgehead atoms. The van der Waals surface area contributed by atoms with Gasteiger partial charge in [-0.3, -0.25) is 4.79 Å². The topological polar surface area (TPSA) is 55.4 Å². The quantitative estimate of drug-likeness (QED) is 0.612. The SMILES string of the molecule is Cc1ccc(/C=C/C(=O)O[C@H](C)C(=O)NCc2ccc(F)cc2)cc1Cl. The minimum Gasteiger partial charge on any atom is -0.449 e. The molecule has 2 rings (SSSR count). The van der Waals surface area contributed by atoms with Gasteiger partial charge in [-0.2, -0.15) is 0 Å². The van der Waals surface area contributed by atoms with Crippen LogP contribution >= 0.6 is 11.6 Å². The Morgan fingerprint density at radius 1 is 1.23 bits per heavy atom. The van der Waals surface area contributed by atoms with Crippen LogP contribution in [0.3, 0.4) is 0 Å². The molecule has 0 aliphatic carbocycles. The van der Waals surface area contributed by atoms with Crippen molar-refractivity contribution in [2.75, 3.05) is 0 Å². The first-order valence-corrected chi connectivity index (χ1v) is 8.40. The van der Waals surface area contributed by atoms with Gasteiger partial charge in [-0.05, 0) is 54.8 Å². The molecule has 136 valence electrons.